The van der Waals surface area contributed by atoms with Crippen molar-refractivity contribution in [3.05, 3.63) is 64.4 Å². The van der Waals surface area contributed by atoms with E-state index in [2.05, 4.69) is 4.90 Å². The van der Waals surface area contributed by atoms with Gasteiger partial charge in [-0.15, -0.1) is 0 Å². The topological polar surface area (TPSA) is 29.3 Å². The van der Waals surface area contributed by atoms with Crippen molar-refractivity contribution in [2.24, 2.45) is 5.73 Å². The summed E-state index contributed by atoms with van der Waals surface area (Å²) in [7, 11) is 1.97. The van der Waals surface area contributed by atoms with Gasteiger partial charge in [-0.2, -0.15) is 0 Å². The maximum Gasteiger partial charge on any atom is 0.123 e. The molecule has 2 N–H and O–H groups in total. The van der Waals surface area contributed by atoms with Crippen LogP contribution in [0.3, 0.4) is 0 Å². The molecule has 21 heavy (non-hydrogen) atoms. The Kier molecular flexibility index (Phi) is 5.21. The van der Waals surface area contributed by atoms with Gasteiger partial charge >= 0.3 is 0 Å². The van der Waals surface area contributed by atoms with E-state index in [9.17, 15) is 4.39 Å². The first-order valence-corrected chi connectivity index (χ1v) is 7.33. The molecule has 2 rings (SSSR count). The molecule has 0 saturated heterocycles. The largest absolute Gasteiger partial charge is 0.370 e. The average molecular weight is 307 g/mol. The summed E-state index contributed by atoms with van der Waals surface area (Å²) in [6.07, 6.45) is 0.639. The molecule has 1 atom stereocenters. The molecule has 0 aromatic heterocycles. The Hall–Kier alpha value is -1.58. The third-order valence-corrected chi connectivity index (χ3v) is 3.73. The quantitative estimate of drug-likeness (QED) is 0.904. The van der Waals surface area contributed by atoms with Gasteiger partial charge in [0.25, 0.3) is 0 Å². The summed E-state index contributed by atoms with van der Waals surface area (Å²) in [6, 6.07) is 12.5. The van der Waals surface area contributed by atoms with Crippen LogP contribution in [0.2, 0.25) is 5.02 Å². The van der Waals surface area contributed by atoms with E-state index in [1.165, 1.54) is 6.07 Å². The minimum Gasteiger partial charge on any atom is -0.370 e. The standard InChI is InChI=1S/C17H20ClFN2/c1-12(20)9-14-10-15(19)7-8-17(14)21(2)11-13-5-3-4-6-16(13)18/h3-8,10,12H,9,11,20H2,1-2H3. The van der Waals surface area contributed by atoms with Crippen LogP contribution >= 0.6 is 11.6 Å². The predicted octanol–water partition coefficient (Wildman–Crippen LogP) is 4.01. The highest BCUT2D eigenvalue weighted by molar-refractivity contribution is 6.31. The molecule has 0 aliphatic carbocycles. The van der Waals surface area contributed by atoms with E-state index >= 15 is 0 Å². The van der Waals surface area contributed by atoms with Crippen molar-refractivity contribution in [1.29, 1.82) is 0 Å². The molecule has 2 aromatic rings. The first-order valence-electron chi connectivity index (χ1n) is 6.96. The molecule has 2 aromatic carbocycles. The minimum atomic E-state index is -0.236. The van der Waals surface area contributed by atoms with Crippen LogP contribution in [-0.4, -0.2) is 13.1 Å². The zero-order valence-electron chi connectivity index (χ0n) is 12.3. The lowest BCUT2D eigenvalue weighted by Crippen LogP contribution is -2.22. The van der Waals surface area contributed by atoms with E-state index in [4.69, 9.17) is 17.3 Å². The number of hydrogen-bond donors (Lipinski definition) is 1. The van der Waals surface area contributed by atoms with E-state index in [0.717, 1.165) is 21.8 Å². The van der Waals surface area contributed by atoms with Crippen molar-refractivity contribution in [2.75, 3.05) is 11.9 Å². The predicted molar refractivity (Wildman–Crippen MR) is 87.3 cm³/mol. The Bertz CT molecular complexity index is 613. The molecule has 2 nitrogen and oxygen atoms in total. The number of nitrogens with zero attached hydrogens (tertiary/aromatic N) is 1. The number of benzene rings is 2. The zero-order chi connectivity index (χ0) is 15.4. The fourth-order valence-electron chi connectivity index (χ4n) is 2.40. The molecule has 0 bridgehead atoms. The second kappa shape index (κ2) is 6.92. The van der Waals surface area contributed by atoms with E-state index < -0.39 is 0 Å². The van der Waals surface area contributed by atoms with E-state index in [-0.39, 0.29) is 11.9 Å². The van der Waals surface area contributed by atoms with Crippen molar-refractivity contribution in [1.82, 2.24) is 0 Å². The fourth-order valence-corrected chi connectivity index (χ4v) is 2.60. The van der Waals surface area contributed by atoms with Crippen LogP contribution in [-0.2, 0) is 13.0 Å². The second-order valence-electron chi connectivity index (χ2n) is 5.40. The zero-order valence-corrected chi connectivity index (χ0v) is 13.1. The molecule has 0 amide bonds. The number of nitrogens with two attached hydrogens (primary N) is 1. The fraction of sp³-hybridized carbons (Fsp3) is 0.294. The summed E-state index contributed by atoms with van der Waals surface area (Å²) >= 11 is 6.20. The molecule has 0 heterocycles. The molecule has 0 saturated carbocycles. The molecule has 0 aliphatic rings. The molecule has 0 fully saturated rings. The maximum atomic E-state index is 13.5. The van der Waals surface area contributed by atoms with Crippen molar-refractivity contribution >= 4 is 17.3 Å². The van der Waals surface area contributed by atoms with Gasteiger partial charge in [0.15, 0.2) is 0 Å². The maximum absolute atomic E-state index is 13.5. The normalized spacial score (nSPS) is 12.2. The van der Waals surface area contributed by atoms with Gasteiger partial charge < -0.3 is 10.6 Å². The summed E-state index contributed by atoms with van der Waals surface area (Å²) in [5.74, 6) is -0.236. The summed E-state index contributed by atoms with van der Waals surface area (Å²) < 4.78 is 13.5. The lowest BCUT2D eigenvalue weighted by molar-refractivity contribution is 0.622. The average Bonchev–Trinajstić information content (AvgIpc) is 2.40. The third kappa shape index (κ3) is 4.19. The third-order valence-electron chi connectivity index (χ3n) is 3.36. The van der Waals surface area contributed by atoms with Crippen molar-refractivity contribution in [3.8, 4) is 0 Å². The van der Waals surface area contributed by atoms with Crippen LogP contribution < -0.4 is 10.6 Å². The summed E-state index contributed by atoms with van der Waals surface area (Å²) in [5.41, 5.74) is 8.79. The van der Waals surface area contributed by atoms with Crippen LogP contribution in [0, 0.1) is 5.82 Å². The SMILES string of the molecule is CC(N)Cc1cc(F)ccc1N(C)Cc1ccccc1Cl. The highest BCUT2D eigenvalue weighted by Crippen LogP contribution is 2.25. The molecule has 0 spiro atoms. The van der Waals surface area contributed by atoms with Gasteiger partial charge in [0.1, 0.15) is 5.82 Å². The summed E-state index contributed by atoms with van der Waals surface area (Å²) in [4.78, 5) is 2.07. The molecular formula is C17H20ClFN2. The van der Waals surface area contributed by atoms with Crippen LogP contribution in [0.4, 0.5) is 10.1 Å². The van der Waals surface area contributed by atoms with Gasteiger partial charge in [-0.25, -0.2) is 4.39 Å². The van der Waals surface area contributed by atoms with Gasteiger partial charge in [-0.05, 0) is 48.7 Å². The first kappa shape index (κ1) is 15.8. The highest BCUT2D eigenvalue weighted by Gasteiger charge is 2.12. The Morgan fingerprint density at radius 2 is 1.90 bits per heavy atom. The van der Waals surface area contributed by atoms with Gasteiger partial charge in [0.05, 0.1) is 0 Å². The van der Waals surface area contributed by atoms with Crippen LogP contribution in [0.25, 0.3) is 0 Å². The lowest BCUT2D eigenvalue weighted by Gasteiger charge is -2.24. The highest BCUT2D eigenvalue weighted by atomic mass is 35.5. The molecule has 112 valence electrons. The minimum absolute atomic E-state index is 0.0146. The Balaban J connectivity index is 2.26. The Morgan fingerprint density at radius 3 is 2.57 bits per heavy atom. The molecule has 0 aliphatic heterocycles. The monoisotopic (exact) mass is 306 g/mol. The van der Waals surface area contributed by atoms with Crippen molar-refractivity contribution < 1.29 is 4.39 Å². The molecule has 0 radical (unpaired) electrons. The lowest BCUT2D eigenvalue weighted by atomic mass is 10.0. The first-order chi connectivity index (χ1) is 9.97. The van der Waals surface area contributed by atoms with E-state index in [1.807, 2.05) is 38.2 Å². The van der Waals surface area contributed by atoms with Gasteiger partial charge in [-0.1, -0.05) is 29.8 Å². The number of rotatable bonds is 5. The smallest absolute Gasteiger partial charge is 0.123 e. The van der Waals surface area contributed by atoms with Gasteiger partial charge in [0, 0.05) is 30.3 Å². The van der Waals surface area contributed by atoms with E-state index in [0.29, 0.717) is 13.0 Å². The van der Waals surface area contributed by atoms with Crippen LogP contribution in [0.15, 0.2) is 42.5 Å². The number of hydrogen-bond acceptors (Lipinski definition) is 2. The number of anilines is 1. The summed E-state index contributed by atoms with van der Waals surface area (Å²) in [6.45, 7) is 2.58. The summed E-state index contributed by atoms with van der Waals surface area (Å²) in [5, 5.41) is 0.736. The number of halogens is 2. The molecule has 1 unspecified atom stereocenters. The van der Waals surface area contributed by atoms with Crippen molar-refractivity contribution in [2.45, 2.75) is 25.9 Å². The Labute approximate surface area is 130 Å². The molecule has 4 heteroatoms. The Morgan fingerprint density at radius 1 is 1.19 bits per heavy atom. The second-order valence-corrected chi connectivity index (χ2v) is 5.81. The van der Waals surface area contributed by atoms with Gasteiger partial charge in [-0.3, -0.25) is 0 Å². The van der Waals surface area contributed by atoms with Crippen LogP contribution in [0.5, 0.6) is 0 Å². The van der Waals surface area contributed by atoms with E-state index in [1.54, 1.807) is 12.1 Å². The molecular weight excluding hydrogens is 287 g/mol. The van der Waals surface area contributed by atoms with Gasteiger partial charge in [0.2, 0.25) is 0 Å². The van der Waals surface area contributed by atoms with Crippen molar-refractivity contribution in [3.63, 3.8) is 0 Å². The van der Waals surface area contributed by atoms with Crippen LogP contribution in [0.1, 0.15) is 18.1 Å².